The van der Waals surface area contributed by atoms with Gasteiger partial charge in [0.1, 0.15) is 0 Å². The average molecular weight is 341 g/mol. The smallest absolute Gasteiger partial charge is 0.435 e. The number of rotatable bonds is 4. The van der Waals surface area contributed by atoms with Gasteiger partial charge in [0.05, 0.1) is 5.92 Å². The molecule has 0 saturated heterocycles. The van der Waals surface area contributed by atoms with Crippen LogP contribution < -0.4 is 4.72 Å². The molecule has 22 heavy (non-hydrogen) atoms. The molecule has 1 aromatic heterocycles. The summed E-state index contributed by atoms with van der Waals surface area (Å²) in [5.41, 5.74) is -1.30. The highest BCUT2D eigenvalue weighted by Crippen LogP contribution is 2.30. The normalized spacial score (nSPS) is 22.9. The molecule has 1 fully saturated rings. The Morgan fingerprint density at radius 2 is 2.09 bits per heavy atom. The van der Waals surface area contributed by atoms with Crippen molar-refractivity contribution in [3.05, 3.63) is 11.8 Å². The molecule has 11 heteroatoms. The third-order valence-corrected chi connectivity index (χ3v) is 5.08. The molecule has 2 atom stereocenters. The Morgan fingerprint density at radius 1 is 1.45 bits per heavy atom. The third kappa shape index (κ3) is 3.40. The zero-order chi connectivity index (χ0) is 16.7. The molecule has 1 aliphatic rings. The number of carboxylic acids is 1. The molecule has 0 aliphatic heterocycles. The van der Waals surface area contributed by atoms with E-state index in [2.05, 4.69) is 9.82 Å². The van der Waals surface area contributed by atoms with Crippen LogP contribution in [0.1, 0.15) is 25.0 Å². The molecule has 124 valence electrons. The monoisotopic (exact) mass is 341 g/mol. The summed E-state index contributed by atoms with van der Waals surface area (Å²) in [6.07, 6.45) is -3.99. The molecule has 0 unspecified atom stereocenters. The predicted molar refractivity (Wildman–Crippen MR) is 67.3 cm³/mol. The van der Waals surface area contributed by atoms with Crippen LogP contribution in [0.5, 0.6) is 0 Å². The second-order valence-electron chi connectivity index (χ2n) is 5.16. The van der Waals surface area contributed by atoms with E-state index < -0.39 is 44.8 Å². The highest BCUT2D eigenvalue weighted by molar-refractivity contribution is 7.89. The van der Waals surface area contributed by atoms with Crippen LogP contribution in [0.4, 0.5) is 13.2 Å². The number of alkyl halides is 3. The minimum absolute atomic E-state index is 0.110. The minimum atomic E-state index is -4.74. The quantitative estimate of drug-likeness (QED) is 0.850. The summed E-state index contributed by atoms with van der Waals surface area (Å²) in [4.78, 5) is 10.8. The van der Waals surface area contributed by atoms with Crippen LogP contribution in [-0.4, -0.2) is 35.3 Å². The van der Waals surface area contributed by atoms with Gasteiger partial charge >= 0.3 is 12.1 Å². The molecule has 0 aromatic carbocycles. The van der Waals surface area contributed by atoms with E-state index in [9.17, 15) is 26.4 Å². The van der Waals surface area contributed by atoms with Gasteiger partial charge in [-0.25, -0.2) is 13.1 Å². The van der Waals surface area contributed by atoms with Crippen LogP contribution in [0.25, 0.3) is 0 Å². The summed E-state index contributed by atoms with van der Waals surface area (Å²) >= 11 is 0. The summed E-state index contributed by atoms with van der Waals surface area (Å²) in [6.45, 7) is 0. The van der Waals surface area contributed by atoms with Crippen molar-refractivity contribution in [2.45, 2.75) is 36.5 Å². The second kappa shape index (κ2) is 5.54. The first-order valence-electron chi connectivity index (χ1n) is 6.37. The maximum Gasteiger partial charge on any atom is 0.435 e. The van der Waals surface area contributed by atoms with Crippen molar-refractivity contribution in [1.29, 1.82) is 0 Å². The summed E-state index contributed by atoms with van der Waals surface area (Å²) in [7, 11) is -3.11. The predicted octanol–water partition coefficient (Wildman–Crippen LogP) is 0.970. The summed E-state index contributed by atoms with van der Waals surface area (Å²) in [5, 5.41) is 11.4. The van der Waals surface area contributed by atoms with E-state index in [0.717, 1.165) is 7.05 Å². The van der Waals surface area contributed by atoms with Crippen LogP contribution in [0, 0.1) is 5.92 Å². The van der Waals surface area contributed by atoms with Crippen LogP contribution in [-0.2, 0) is 28.0 Å². The number of aliphatic carboxylic acids is 1. The molecule has 1 aromatic rings. The highest BCUT2D eigenvalue weighted by Gasteiger charge is 2.38. The Kier molecular flexibility index (Phi) is 4.22. The average Bonchev–Trinajstić information content (AvgIpc) is 2.94. The number of sulfonamides is 1. The largest absolute Gasteiger partial charge is 0.481 e. The lowest BCUT2D eigenvalue weighted by Crippen LogP contribution is -2.34. The van der Waals surface area contributed by atoms with E-state index in [1.165, 1.54) is 0 Å². The maximum atomic E-state index is 12.6. The van der Waals surface area contributed by atoms with Crippen LogP contribution in [0.3, 0.4) is 0 Å². The molecule has 1 aliphatic carbocycles. The summed E-state index contributed by atoms with van der Waals surface area (Å²) in [6, 6.07) is -0.165. The zero-order valence-corrected chi connectivity index (χ0v) is 12.3. The Hall–Kier alpha value is -1.62. The number of carboxylic acid groups (broad SMARTS) is 1. The molecular weight excluding hydrogens is 327 g/mol. The van der Waals surface area contributed by atoms with Gasteiger partial charge in [-0.15, -0.1) is 0 Å². The Labute approximate surface area is 124 Å². The summed E-state index contributed by atoms with van der Waals surface area (Å²) in [5.74, 6) is -1.66. The van der Waals surface area contributed by atoms with Gasteiger partial charge < -0.3 is 5.11 Å². The molecule has 0 spiro atoms. The molecule has 2 rings (SSSR count). The highest BCUT2D eigenvalue weighted by atomic mass is 32.2. The van der Waals surface area contributed by atoms with Gasteiger partial charge in [-0.3, -0.25) is 9.48 Å². The Morgan fingerprint density at radius 3 is 2.55 bits per heavy atom. The fraction of sp³-hybridized carbons (Fsp3) is 0.636. The first kappa shape index (κ1) is 16.7. The lowest BCUT2D eigenvalue weighted by atomic mass is 10.1. The molecule has 1 heterocycles. The third-order valence-electron chi connectivity index (χ3n) is 3.51. The SMILES string of the molecule is Cn1nc(C(F)(F)F)cc1S(=O)(=O)N[C@@H]1CC[C@H](C(=O)O)C1. The van der Waals surface area contributed by atoms with Gasteiger partial charge in [0.2, 0.25) is 0 Å². The van der Waals surface area contributed by atoms with Gasteiger partial charge in [-0.2, -0.15) is 18.3 Å². The van der Waals surface area contributed by atoms with Crippen molar-refractivity contribution in [1.82, 2.24) is 14.5 Å². The molecule has 7 nitrogen and oxygen atoms in total. The van der Waals surface area contributed by atoms with E-state index in [-0.39, 0.29) is 6.42 Å². The van der Waals surface area contributed by atoms with E-state index in [1.807, 2.05) is 0 Å². The van der Waals surface area contributed by atoms with Crippen LogP contribution >= 0.6 is 0 Å². The van der Waals surface area contributed by atoms with Gasteiger partial charge in [-0.05, 0) is 19.3 Å². The number of nitrogens with zero attached hydrogens (tertiary/aromatic N) is 2. The number of halogens is 3. The minimum Gasteiger partial charge on any atom is -0.481 e. The Balaban J connectivity index is 2.18. The first-order chi connectivity index (χ1) is 10.0. The van der Waals surface area contributed by atoms with E-state index in [1.54, 1.807) is 0 Å². The van der Waals surface area contributed by atoms with E-state index in [0.29, 0.717) is 23.6 Å². The topological polar surface area (TPSA) is 101 Å². The van der Waals surface area contributed by atoms with Gasteiger partial charge in [-0.1, -0.05) is 0 Å². The van der Waals surface area contributed by atoms with Crippen molar-refractivity contribution < 1.29 is 31.5 Å². The van der Waals surface area contributed by atoms with Crippen molar-refractivity contribution in [3.63, 3.8) is 0 Å². The number of hydrogen-bond donors (Lipinski definition) is 2. The molecule has 0 radical (unpaired) electrons. The fourth-order valence-electron chi connectivity index (χ4n) is 2.43. The molecular formula is C11H14F3N3O4S. The van der Waals surface area contributed by atoms with E-state index >= 15 is 0 Å². The lowest BCUT2D eigenvalue weighted by molar-refractivity contribution is -0.142. The van der Waals surface area contributed by atoms with Gasteiger partial charge in [0, 0.05) is 19.2 Å². The number of nitrogens with one attached hydrogen (secondary N) is 1. The van der Waals surface area contributed by atoms with E-state index in [4.69, 9.17) is 5.11 Å². The van der Waals surface area contributed by atoms with Crippen LogP contribution in [0.2, 0.25) is 0 Å². The van der Waals surface area contributed by atoms with Gasteiger partial charge in [0.15, 0.2) is 10.7 Å². The number of carbonyl (C=O) groups is 1. The van der Waals surface area contributed by atoms with Crippen LogP contribution in [0.15, 0.2) is 11.1 Å². The zero-order valence-electron chi connectivity index (χ0n) is 11.5. The molecule has 1 saturated carbocycles. The van der Waals surface area contributed by atoms with Crippen molar-refractivity contribution in [2.75, 3.05) is 0 Å². The van der Waals surface area contributed by atoms with Crippen molar-refractivity contribution >= 4 is 16.0 Å². The number of aryl methyl sites for hydroxylation is 1. The first-order valence-corrected chi connectivity index (χ1v) is 7.85. The standard InChI is InChI=1S/C11H14F3N3O4S/c1-17-9(5-8(15-17)11(12,13)14)22(20,21)16-7-3-2-6(4-7)10(18)19/h5-7,16H,2-4H2,1H3,(H,18,19)/t6-,7+/m0/s1. The summed E-state index contributed by atoms with van der Waals surface area (Å²) < 4.78 is 64.8. The lowest BCUT2D eigenvalue weighted by Gasteiger charge is -2.12. The number of hydrogen-bond acceptors (Lipinski definition) is 4. The Bertz CT molecular complexity index is 683. The molecule has 0 bridgehead atoms. The second-order valence-corrected chi connectivity index (χ2v) is 6.82. The van der Waals surface area contributed by atoms with Crippen molar-refractivity contribution in [3.8, 4) is 0 Å². The van der Waals surface area contributed by atoms with Gasteiger partial charge in [0.25, 0.3) is 10.0 Å². The molecule has 0 amide bonds. The molecule has 2 N–H and O–H groups in total. The van der Waals surface area contributed by atoms with Crippen molar-refractivity contribution in [2.24, 2.45) is 13.0 Å². The maximum absolute atomic E-state index is 12.6. The number of aromatic nitrogens is 2. The fourth-order valence-corrected chi connectivity index (χ4v) is 3.86.